The topological polar surface area (TPSA) is 117 Å². The fraction of sp³-hybridized carbons (Fsp3) is 0.241. The van der Waals surface area contributed by atoms with Crippen molar-refractivity contribution in [3.63, 3.8) is 0 Å². The third-order valence-corrected chi connectivity index (χ3v) is 8.19. The summed E-state index contributed by atoms with van der Waals surface area (Å²) in [6, 6.07) is 11.4. The van der Waals surface area contributed by atoms with E-state index in [1.54, 1.807) is 18.5 Å². The van der Waals surface area contributed by atoms with Crippen molar-refractivity contribution < 1.29 is 9.47 Å². The van der Waals surface area contributed by atoms with E-state index in [0.29, 0.717) is 40.5 Å². The predicted molar refractivity (Wildman–Crippen MR) is 186 cm³/mol. The van der Waals surface area contributed by atoms with E-state index in [0.717, 1.165) is 46.5 Å². The number of fused-ring (bicyclic) bond motifs is 2. The third kappa shape index (κ3) is 6.66. The number of ether oxygens (including phenoxy) is 2. The molecule has 0 aliphatic carbocycles. The van der Waals surface area contributed by atoms with Crippen molar-refractivity contribution >= 4 is 90.5 Å². The SMILES string of the molecule is CCOc1ncccc1-c1cc(Cl)c2c(n1)c(I)nn2C(C)C.CCOc1ncccc1-c1cc(Cl)c2n[nH]c(I)c2n1. The van der Waals surface area contributed by atoms with E-state index in [1.165, 1.54) is 0 Å². The van der Waals surface area contributed by atoms with Gasteiger partial charge in [-0.15, -0.1) is 0 Å². The summed E-state index contributed by atoms with van der Waals surface area (Å²) in [5.74, 6) is 1.11. The summed E-state index contributed by atoms with van der Waals surface area (Å²) in [6.07, 6.45) is 3.39. The maximum Gasteiger partial charge on any atom is 0.222 e. The van der Waals surface area contributed by atoms with Gasteiger partial charge in [0.2, 0.25) is 11.8 Å². The van der Waals surface area contributed by atoms with Gasteiger partial charge in [-0.1, -0.05) is 23.2 Å². The lowest BCUT2D eigenvalue weighted by atomic mass is 10.1. The molecule has 43 heavy (non-hydrogen) atoms. The Balaban J connectivity index is 0.000000173. The van der Waals surface area contributed by atoms with E-state index in [4.69, 9.17) is 37.7 Å². The van der Waals surface area contributed by atoms with Crippen LogP contribution in [0.25, 0.3) is 44.6 Å². The normalized spacial score (nSPS) is 11.2. The van der Waals surface area contributed by atoms with Crippen LogP contribution >= 0.6 is 68.4 Å². The first-order chi connectivity index (χ1) is 20.7. The number of H-pyrrole nitrogens is 1. The molecule has 6 aromatic rings. The Morgan fingerprint density at radius 3 is 1.95 bits per heavy atom. The molecule has 0 amide bonds. The molecule has 0 saturated heterocycles. The minimum atomic E-state index is 0.212. The zero-order valence-corrected chi connectivity index (χ0v) is 29.4. The number of halogens is 4. The second kappa shape index (κ2) is 13.9. The minimum Gasteiger partial charge on any atom is -0.477 e. The standard InChI is InChI=1S/C16H16ClIN4O.C13H10ClIN4O/c1-4-23-16-10(6-5-7-19-16)12-8-11(17)14-13(20-12)15(18)21-22(14)9(2)3;1-2-20-13-7(4-3-5-16-13)9-6-8(14)10-11(17-9)12(15)19-18-10/h5-9H,4H2,1-3H3;3-6H,2H2,1H3,(H,18,19). The second-order valence-electron chi connectivity index (χ2n) is 9.32. The van der Waals surface area contributed by atoms with Crippen LogP contribution < -0.4 is 9.47 Å². The lowest BCUT2D eigenvalue weighted by Crippen LogP contribution is -2.03. The van der Waals surface area contributed by atoms with E-state index < -0.39 is 0 Å². The first kappa shape index (κ1) is 31.6. The molecule has 0 unspecified atom stereocenters. The van der Waals surface area contributed by atoms with Gasteiger partial charge in [0.25, 0.3) is 0 Å². The number of nitrogens with zero attached hydrogens (tertiary/aromatic N) is 7. The van der Waals surface area contributed by atoms with Gasteiger partial charge >= 0.3 is 0 Å². The van der Waals surface area contributed by atoms with Gasteiger partial charge in [-0.2, -0.15) is 10.2 Å². The molecule has 0 bridgehead atoms. The largest absolute Gasteiger partial charge is 0.477 e. The smallest absolute Gasteiger partial charge is 0.222 e. The summed E-state index contributed by atoms with van der Waals surface area (Å²) in [6.45, 7) is 9.08. The number of hydrogen-bond donors (Lipinski definition) is 1. The number of pyridine rings is 4. The molecule has 14 heteroatoms. The Hall–Kier alpha value is -2.82. The molecule has 222 valence electrons. The van der Waals surface area contributed by atoms with Crippen LogP contribution in [0.1, 0.15) is 33.7 Å². The number of aromatic amines is 1. The molecule has 6 aromatic heterocycles. The molecule has 0 atom stereocenters. The fourth-order valence-corrected chi connectivity index (χ4v) is 5.93. The number of nitrogens with one attached hydrogen (secondary N) is 1. The van der Waals surface area contributed by atoms with Crippen LogP contribution in [0.5, 0.6) is 11.8 Å². The maximum atomic E-state index is 6.54. The van der Waals surface area contributed by atoms with Gasteiger partial charge in [-0.05, 0) is 109 Å². The Morgan fingerprint density at radius 1 is 0.837 bits per heavy atom. The highest BCUT2D eigenvalue weighted by molar-refractivity contribution is 14.1. The minimum absolute atomic E-state index is 0.212. The van der Waals surface area contributed by atoms with E-state index >= 15 is 0 Å². The maximum absolute atomic E-state index is 6.54. The number of hydrogen-bond acceptors (Lipinski definition) is 8. The zero-order chi connectivity index (χ0) is 30.7. The van der Waals surface area contributed by atoms with Gasteiger partial charge in [0.05, 0.1) is 45.8 Å². The quantitative estimate of drug-likeness (QED) is 0.159. The van der Waals surface area contributed by atoms with Crippen LogP contribution in [0.4, 0.5) is 0 Å². The summed E-state index contributed by atoms with van der Waals surface area (Å²) < 4.78 is 14.7. The molecule has 0 saturated carbocycles. The molecule has 0 spiro atoms. The van der Waals surface area contributed by atoms with Crippen LogP contribution in [-0.4, -0.2) is 53.1 Å². The van der Waals surface area contributed by atoms with Crippen molar-refractivity contribution in [2.24, 2.45) is 0 Å². The monoisotopic (exact) mass is 842 g/mol. The molecule has 6 rings (SSSR count). The highest BCUT2D eigenvalue weighted by Crippen LogP contribution is 2.35. The lowest BCUT2D eigenvalue weighted by molar-refractivity contribution is 0.328. The molecular weight excluding hydrogens is 817 g/mol. The van der Waals surface area contributed by atoms with E-state index in [9.17, 15) is 0 Å². The molecule has 0 aliphatic rings. The van der Waals surface area contributed by atoms with Crippen molar-refractivity contribution in [2.75, 3.05) is 13.2 Å². The van der Waals surface area contributed by atoms with E-state index in [1.807, 2.05) is 48.9 Å². The molecule has 0 fully saturated rings. The highest BCUT2D eigenvalue weighted by atomic mass is 127. The van der Waals surface area contributed by atoms with E-state index in [2.05, 4.69) is 89.3 Å². The van der Waals surface area contributed by atoms with Crippen molar-refractivity contribution in [1.29, 1.82) is 0 Å². The van der Waals surface area contributed by atoms with Crippen LogP contribution in [0.2, 0.25) is 10.0 Å². The Labute approximate surface area is 285 Å². The third-order valence-electron chi connectivity index (χ3n) is 6.13. The number of rotatable bonds is 7. The highest BCUT2D eigenvalue weighted by Gasteiger charge is 2.19. The van der Waals surface area contributed by atoms with Crippen molar-refractivity contribution in [2.45, 2.75) is 33.7 Å². The summed E-state index contributed by atoms with van der Waals surface area (Å²) in [4.78, 5) is 17.9. The van der Waals surface area contributed by atoms with Gasteiger partial charge in [0.15, 0.2) is 0 Å². The molecule has 1 N–H and O–H groups in total. The molecule has 0 radical (unpaired) electrons. The Bertz CT molecular complexity index is 1910. The van der Waals surface area contributed by atoms with Gasteiger partial charge in [-0.3, -0.25) is 9.78 Å². The van der Waals surface area contributed by atoms with Crippen LogP contribution in [0.15, 0.2) is 48.8 Å². The average Bonchev–Trinajstić information content (AvgIpc) is 3.54. The molecule has 0 aliphatic heterocycles. The first-order valence-electron chi connectivity index (χ1n) is 13.3. The van der Waals surface area contributed by atoms with Gasteiger partial charge in [0.1, 0.15) is 29.5 Å². The molecule has 10 nitrogen and oxygen atoms in total. The fourth-order valence-electron chi connectivity index (χ4n) is 4.31. The van der Waals surface area contributed by atoms with E-state index in [-0.39, 0.29) is 6.04 Å². The van der Waals surface area contributed by atoms with Crippen LogP contribution in [0.3, 0.4) is 0 Å². The Morgan fingerprint density at radius 2 is 1.40 bits per heavy atom. The summed E-state index contributed by atoms with van der Waals surface area (Å²) in [5.41, 5.74) is 6.17. The first-order valence-corrected chi connectivity index (χ1v) is 16.2. The predicted octanol–water partition coefficient (Wildman–Crippen LogP) is 8.41. The molecular formula is C29H26Cl2I2N8O2. The van der Waals surface area contributed by atoms with Crippen molar-refractivity contribution in [3.05, 3.63) is 66.2 Å². The lowest BCUT2D eigenvalue weighted by Gasteiger charge is -2.10. The van der Waals surface area contributed by atoms with Gasteiger partial charge in [0, 0.05) is 18.4 Å². The van der Waals surface area contributed by atoms with Crippen molar-refractivity contribution in [3.8, 4) is 34.3 Å². The molecule has 6 heterocycles. The zero-order valence-electron chi connectivity index (χ0n) is 23.6. The van der Waals surface area contributed by atoms with Crippen molar-refractivity contribution in [1.82, 2.24) is 39.9 Å². The number of aromatic nitrogens is 8. The second-order valence-corrected chi connectivity index (χ2v) is 12.2. The summed E-state index contributed by atoms with van der Waals surface area (Å²) in [5, 5.41) is 12.7. The summed E-state index contributed by atoms with van der Waals surface area (Å²) >= 11 is 17.1. The average molecular weight is 843 g/mol. The van der Waals surface area contributed by atoms with Gasteiger partial charge < -0.3 is 9.47 Å². The summed E-state index contributed by atoms with van der Waals surface area (Å²) in [7, 11) is 0. The Kier molecular flexibility index (Phi) is 10.2. The van der Waals surface area contributed by atoms with Crippen LogP contribution in [0, 0.1) is 7.40 Å². The van der Waals surface area contributed by atoms with Crippen LogP contribution in [-0.2, 0) is 0 Å². The van der Waals surface area contributed by atoms with Gasteiger partial charge in [-0.25, -0.2) is 19.9 Å². The molecule has 0 aromatic carbocycles.